The van der Waals surface area contributed by atoms with Gasteiger partial charge >= 0.3 is 0 Å². The molecule has 0 heterocycles. The van der Waals surface area contributed by atoms with E-state index in [1.807, 2.05) is 0 Å². The predicted molar refractivity (Wildman–Crippen MR) is 31.3 cm³/mol. The molecule has 0 aliphatic heterocycles. The van der Waals surface area contributed by atoms with Crippen LogP contribution in [0.25, 0.3) is 0 Å². The van der Waals surface area contributed by atoms with Gasteiger partial charge in [0.15, 0.2) is 0 Å². The summed E-state index contributed by atoms with van der Waals surface area (Å²) in [6.07, 6.45) is -1.24. The monoisotopic (exact) mass is 173 g/mol. The maximum absolute atomic E-state index is 9.83. The summed E-state index contributed by atoms with van der Waals surface area (Å²) >= 11 is 5.00. The zero-order valence-corrected chi connectivity index (χ0v) is 6.02. The second-order valence-electron chi connectivity index (χ2n) is 1.53. The van der Waals surface area contributed by atoms with Crippen molar-refractivity contribution in [2.24, 2.45) is 0 Å². The summed E-state index contributed by atoms with van der Waals surface area (Å²) in [5.41, 5.74) is 0. The summed E-state index contributed by atoms with van der Waals surface area (Å²) in [7, 11) is -4.32. The average molecular weight is 174 g/mol. The second kappa shape index (κ2) is 3.36. The lowest BCUT2D eigenvalue weighted by Crippen LogP contribution is -2.21. The first-order valence-corrected chi connectivity index (χ1v) is 4.24. The lowest BCUT2D eigenvalue weighted by Gasteiger charge is -2.09. The van der Waals surface area contributed by atoms with Crippen LogP contribution in [0.4, 0.5) is 0 Å². The molecular weight excluding hydrogens is 168 g/mol. The van der Waals surface area contributed by atoms with Crippen LogP contribution in [0.2, 0.25) is 0 Å². The van der Waals surface area contributed by atoms with Gasteiger partial charge in [-0.05, 0) is 0 Å². The van der Waals surface area contributed by atoms with Crippen LogP contribution in [0, 0.1) is 0 Å². The maximum Gasteiger partial charge on any atom is 0.0971 e. The van der Waals surface area contributed by atoms with E-state index in [4.69, 9.17) is 16.7 Å². The molecular formula is C3H6ClO4S-. The Hall–Kier alpha value is 0.160. The van der Waals surface area contributed by atoms with Crippen LogP contribution in [0.5, 0.6) is 0 Å². The molecule has 0 aliphatic rings. The molecule has 1 N–H and O–H groups in total. The minimum absolute atomic E-state index is 0.235. The third-order valence-electron chi connectivity index (χ3n) is 0.575. The molecule has 9 heavy (non-hydrogen) atoms. The fourth-order valence-electron chi connectivity index (χ4n) is 0.280. The van der Waals surface area contributed by atoms with Crippen LogP contribution in [-0.4, -0.2) is 35.8 Å². The molecule has 0 amide bonds. The van der Waals surface area contributed by atoms with Gasteiger partial charge in [0.25, 0.3) is 0 Å². The third-order valence-corrected chi connectivity index (χ3v) is 1.72. The zero-order chi connectivity index (χ0) is 7.49. The molecule has 0 rings (SSSR count). The number of rotatable bonds is 3. The summed E-state index contributed by atoms with van der Waals surface area (Å²) in [6, 6.07) is 0. The van der Waals surface area contributed by atoms with Crippen molar-refractivity contribution in [2.45, 2.75) is 6.10 Å². The Morgan fingerprint density at radius 3 is 2.22 bits per heavy atom. The first kappa shape index (κ1) is 9.16. The fourth-order valence-corrected chi connectivity index (χ4v) is 1.11. The van der Waals surface area contributed by atoms with E-state index in [-0.39, 0.29) is 5.88 Å². The van der Waals surface area contributed by atoms with Crippen molar-refractivity contribution in [2.75, 3.05) is 11.6 Å². The molecule has 56 valence electrons. The van der Waals surface area contributed by atoms with Gasteiger partial charge in [0.1, 0.15) is 0 Å². The normalized spacial score (nSPS) is 15.4. The van der Waals surface area contributed by atoms with E-state index in [1.54, 1.807) is 0 Å². The molecule has 0 fully saturated rings. The van der Waals surface area contributed by atoms with E-state index in [9.17, 15) is 13.0 Å². The first-order chi connectivity index (χ1) is 3.95. The lowest BCUT2D eigenvalue weighted by molar-refractivity contribution is 0.218. The maximum atomic E-state index is 9.83. The predicted octanol–water partition coefficient (Wildman–Crippen LogP) is -0.869. The quantitative estimate of drug-likeness (QED) is 0.445. The molecule has 0 saturated heterocycles. The molecule has 4 nitrogen and oxygen atoms in total. The third kappa shape index (κ3) is 6.04. The van der Waals surface area contributed by atoms with Crippen LogP contribution in [0.1, 0.15) is 0 Å². The van der Waals surface area contributed by atoms with Gasteiger partial charge in [-0.25, -0.2) is 8.42 Å². The standard InChI is InChI=1S/C3H7ClO4S/c4-1-3(5)2-9(6,7)8/h3,5H,1-2H2,(H,6,7,8)/p-1. The molecule has 0 aromatic heterocycles. The number of hydrogen-bond donors (Lipinski definition) is 1. The van der Waals surface area contributed by atoms with Gasteiger partial charge in [0, 0.05) is 5.88 Å². The molecule has 1 unspecified atom stereocenters. The Morgan fingerprint density at radius 2 is 2.11 bits per heavy atom. The Morgan fingerprint density at radius 1 is 1.67 bits per heavy atom. The van der Waals surface area contributed by atoms with Crippen molar-refractivity contribution in [1.82, 2.24) is 0 Å². The van der Waals surface area contributed by atoms with Crippen LogP contribution in [-0.2, 0) is 10.1 Å². The summed E-state index contributed by atoms with van der Waals surface area (Å²) in [6.45, 7) is 0. The largest absolute Gasteiger partial charge is 0.748 e. The summed E-state index contributed by atoms with van der Waals surface area (Å²) in [5.74, 6) is -1.04. The Balaban J connectivity index is 3.75. The number of hydrogen-bond acceptors (Lipinski definition) is 4. The minimum Gasteiger partial charge on any atom is -0.748 e. The van der Waals surface area contributed by atoms with E-state index in [0.29, 0.717) is 0 Å². The van der Waals surface area contributed by atoms with E-state index >= 15 is 0 Å². The minimum atomic E-state index is -4.32. The van der Waals surface area contributed by atoms with Gasteiger partial charge in [0.05, 0.1) is 22.0 Å². The SMILES string of the molecule is O=S(=O)([O-])CC(O)CCl. The Bertz CT molecular complexity index is 163. The highest BCUT2D eigenvalue weighted by Gasteiger charge is 2.05. The molecule has 1 atom stereocenters. The molecule has 0 aromatic carbocycles. The zero-order valence-electron chi connectivity index (χ0n) is 4.45. The highest BCUT2D eigenvalue weighted by atomic mass is 35.5. The van der Waals surface area contributed by atoms with Crippen molar-refractivity contribution < 1.29 is 18.1 Å². The van der Waals surface area contributed by atoms with Crippen molar-refractivity contribution in [3.63, 3.8) is 0 Å². The van der Waals surface area contributed by atoms with E-state index in [0.717, 1.165) is 0 Å². The van der Waals surface area contributed by atoms with Gasteiger partial charge in [-0.15, -0.1) is 11.6 Å². The average Bonchev–Trinajstić information content (AvgIpc) is 1.62. The molecule has 0 bridgehead atoms. The van der Waals surface area contributed by atoms with E-state index in [1.165, 1.54) is 0 Å². The summed E-state index contributed by atoms with van der Waals surface area (Å²) in [4.78, 5) is 0. The van der Waals surface area contributed by atoms with Gasteiger partial charge in [0.2, 0.25) is 0 Å². The first-order valence-electron chi connectivity index (χ1n) is 2.13. The topological polar surface area (TPSA) is 77.4 Å². The highest BCUT2D eigenvalue weighted by Crippen LogP contribution is 1.91. The smallest absolute Gasteiger partial charge is 0.0971 e. The van der Waals surface area contributed by atoms with Gasteiger partial charge in [-0.3, -0.25) is 0 Å². The van der Waals surface area contributed by atoms with Gasteiger partial charge in [-0.1, -0.05) is 0 Å². The molecule has 0 aromatic rings. The lowest BCUT2D eigenvalue weighted by atomic mass is 10.5. The van der Waals surface area contributed by atoms with Crippen LogP contribution in [0.15, 0.2) is 0 Å². The van der Waals surface area contributed by atoms with Crippen molar-refractivity contribution in [1.29, 1.82) is 0 Å². The second-order valence-corrected chi connectivity index (χ2v) is 3.29. The van der Waals surface area contributed by atoms with Crippen LogP contribution in [0.3, 0.4) is 0 Å². The van der Waals surface area contributed by atoms with Crippen LogP contribution < -0.4 is 0 Å². The molecule has 0 radical (unpaired) electrons. The Labute approximate surface area is 58.2 Å². The van der Waals surface area contributed by atoms with Crippen LogP contribution >= 0.6 is 11.6 Å². The van der Waals surface area contributed by atoms with E-state index < -0.39 is 22.0 Å². The van der Waals surface area contributed by atoms with Gasteiger partial charge in [-0.2, -0.15) is 0 Å². The summed E-state index contributed by atoms with van der Waals surface area (Å²) < 4.78 is 29.5. The van der Waals surface area contributed by atoms with E-state index in [2.05, 4.69) is 0 Å². The van der Waals surface area contributed by atoms with Crippen molar-refractivity contribution in [3.05, 3.63) is 0 Å². The molecule has 0 spiro atoms. The Kier molecular flexibility index (Phi) is 3.42. The fraction of sp³-hybridized carbons (Fsp3) is 1.00. The number of alkyl halides is 1. The number of aliphatic hydroxyl groups is 1. The number of aliphatic hydroxyl groups excluding tert-OH is 1. The van der Waals surface area contributed by atoms with Gasteiger partial charge < -0.3 is 9.66 Å². The molecule has 0 saturated carbocycles. The molecule has 0 aliphatic carbocycles. The van der Waals surface area contributed by atoms with Crippen molar-refractivity contribution >= 4 is 21.7 Å². The van der Waals surface area contributed by atoms with Crippen molar-refractivity contribution in [3.8, 4) is 0 Å². The number of halogens is 1. The molecule has 6 heteroatoms. The summed E-state index contributed by atoms with van der Waals surface area (Å²) in [5, 5.41) is 8.48. The highest BCUT2D eigenvalue weighted by molar-refractivity contribution is 7.85.